The van der Waals surface area contributed by atoms with E-state index in [1.54, 1.807) is 0 Å². The van der Waals surface area contributed by atoms with E-state index in [1.807, 2.05) is 34.1 Å². The van der Waals surface area contributed by atoms with Crippen LogP contribution in [0.5, 0.6) is 0 Å². The van der Waals surface area contributed by atoms with Gasteiger partial charge < -0.3 is 15.0 Å². The van der Waals surface area contributed by atoms with Crippen LogP contribution in [0.15, 0.2) is 29.1 Å². The number of likely N-dealkylation sites (tertiary alicyclic amines) is 1. The van der Waals surface area contributed by atoms with E-state index in [1.165, 1.54) is 49.5 Å². The monoisotopic (exact) mass is 690 g/mol. The number of carbonyl (C=O) groups is 3. The van der Waals surface area contributed by atoms with Gasteiger partial charge in [-0.3, -0.25) is 13.9 Å². The number of nitrogens with one attached hydrogen (secondary N) is 1. The number of halogens is 9. The number of hydrogen-bond donors (Lipinski definition) is 1. The number of carbonyl (C=O) groups excluding carboxylic acids is 3. The van der Waals surface area contributed by atoms with Gasteiger partial charge in [0.15, 0.2) is 0 Å². The molecular formula is C29H35F9N4O5. The largest absolute Gasteiger partial charge is 0.491 e. The van der Waals surface area contributed by atoms with Gasteiger partial charge in [-0.1, -0.05) is 44.2 Å². The quantitative estimate of drug-likeness (QED) is 0.239. The van der Waals surface area contributed by atoms with Gasteiger partial charge in [0.2, 0.25) is 0 Å². The Kier molecular flexibility index (Phi) is 12.9. The van der Waals surface area contributed by atoms with Crippen molar-refractivity contribution in [1.82, 2.24) is 19.4 Å². The summed E-state index contributed by atoms with van der Waals surface area (Å²) in [4.78, 5) is 46.3. The predicted octanol–water partition coefficient (Wildman–Crippen LogP) is 5.66. The van der Waals surface area contributed by atoms with Crippen molar-refractivity contribution in [2.45, 2.75) is 88.9 Å². The lowest BCUT2D eigenvalue weighted by Crippen LogP contribution is -2.41. The molecule has 0 unspecified atom stereocenters. The van der Waals surface area contributed by atoms with Gasteiger partial charge in [0, 0.05) is 38.8 Å². The van der Waals surface area contributed by atoms with Crippen LogP contribution in [0.2, 0.25) is 0 Å². The second-order valence-corrected chi connectivity index (χ2v) is 11.5. The highest BCUT2D eigenvalue weighted by atomic mass is 19.4. The highest BCUT2D eigenvalue weighted by Gasteiger charge is 2.49. The van der Waals surface area contributed by atoms with Crippen LogP contribution in [0.3, 0.4) is 0 Å². The number of para-hydroxylation sites is 2. The van der Waals surface area contributed by atoms with Crippen LogP contribution < -0.4 is 11.0 Å². The Labute approximate surface area is 263 Å². The molecule has 2 aromatic rings. The van der Waals surface area contributed by atoms with Crippen LogP contribution in [0.4, 0.5) is 39.5 Å². The smallest absolute Gasteiger partial charge is 0.380 e. The number of alkyl halides is 9. The van der Waals surface area contributed by atoms with Crippen molar-refractivity contribution in [3.63, 3.8) is 0 Å². The summed E-state index contributed by atoms with van der Waals surface area (Å²) in [7, 11) is 0. The molecule has 1 aliphatic carbocycles. The third-order valence-electron chi connectivity index (χ3n) is 8.06. The van der Waals surface area contributed by atoms with Crippen molar-refractivity contribution in [3.05, 3.63) is 34.7 Å². The number of hydrogen-bond acceptors (Lipinski definition) is 6. The molecule has 47 heavy (non-hydrogen) atoms. The first-order valence-corrected chi connectivity index (χ1v) is 15.1. The number of esters is 2. The molecule has 0 radical (unpaired) electrons. The fraction of sp³-hybridized carbons (Fsp3) is 0.655. The first kappa shape index (κ1) is 37.9. The van der Waals surface area contributed by atoms with Gasteiger partial charge in [-0.15, -0.1) is 0 Å². The normalized spacial score (nSPS) is 17.7. The molecule has 1 N–H and O–H groups in total. The van der Waals surface area contributed by atoms with E-state index in [0.29, 0.717) is 5.52 Å². The van der Waals surface area contributed by atoms with E-state index >= 15 is 0 Å². The zero-order valence-corrected chi connectivity index (χ0v) is 25.1. The van der Waals surface area contributed by atoms with Crippen molar-refractivity contribution in [3.8, 4) is 0 Å². The SMILES string of the molecule is O=C(NCCn1c(=O)n(C2CCN(CC3CCCCCCC3)CC2)c2ccccc21)C(F)(F)F.O=C(OC(=O)C(F)(F)F)C(F)(F)F. The van der Waals surface area contributed by atoms with Gasteiger partial charge in [0.05, 0.1) is 11.0 Å². The van der Waals surface area contributed by atoms with Crippen LogP contribution in [0, 0.1) is 5.92 Å². The minimum Gasteiger partial charge on any atom is -0.380 e. The summed E-state index contributed by atoms with van der Waals surface area (Å²) >= 11 is 0. The fourth-order valence-electron chi connectivity index (χ4n) is 5.83. The van der Waals surface area contributed by atoms with E-state index in [0.717, 1.165) is 43.9 Å². The first-order valence-electron chi connectivity index (χ1n) is 15.1. The van der Waals surface area contributed by atoms with Gasteiger partial charge in [-0.2, -0.15) is 39.5 Å². The molecule has 4 rings (SSSR count). The third kappa shape index (κ3) is 11.0. The number of aromatic nitrogens is 2. The number of ether oxygens (including phenoxy) is 1. The van der Waals surface area contributed by atoms with Gasteiger partial charge in [-0.25, -0.2) is 14.4 Å². The minimum absolute atomic E-state index is 0.00527. The van der Waals surface area contributed by atoms with Gasteiger partial charge in [0.1, 0.15) is 0 Å². The molecule has 1 aliphatic heterocycles. The predicted molar refractivity (Wildman–Crippen MR) is 149 cm³/mol. The molecule has 0 bridgehead atoms. The molecular weight excluding hydrogens is 655 g/mol. The Morgan fingerprint density at radius 2 is 1.26 bits per heavy atom. The lowest BCUT2D eigenvalue weighted by molar-refractivity contribution is -0.221. The number of rotatable bonds is 6. The Morgan fingerprint density at radius 1 is 0.745 bits per heavy atom. The topological polar surface area (TPSA) is 103 Å². The molecule has 1 saturated carbocycles. The Morgan fingerprint density at radius 3 is 1.77 bits per heavy atom. The van der Waals surface area contributed by atoms with E-state index in [-0.39, 0.29) is 24.8 Å². The molecule has 1 aromatic heterocycles. The number of imidazole rings is 1. The molecule has 1 amide bonds. The number of piperidine rings is 1. The highest BCUT2D eigenvalue weighted by Crippen LogP contribution is 2.29. The molecule has 18 heteroatoms. The van der Waals surface area contributed by atoms with Gasteiger partial charge in [0.25, 0.3) is 0 Å². The first-order chi connectivity index (χ1) is 21.9. The van der Waals surface area contributed by atoms with E-state index in [2.05, 4.69) is 9.64 Å². The number of nitrogens with zero attached hydrogens (tertiary/aromatic N) is 3. The summed E-state index contributed by atoms with van der Waals surface area (Å²) in [6.45, 7) is 2.78. The average Bonchev–Trinajstić information content (AvgIpc) is 3.24. The molecule has 2 aliphatic rings. The lowest BCUT2D eigenvalue weighted by atomic mass is 9.90. The average molecular weight is 691 g/mol. The maximum Gasteiger partial charge on any atom is 0.491 e. The summed E-state index contributed by atoms with van der Waals surface area (Å²) in [5.41, 5.74) is 1.26. The second kappa shape index (κ2) is 16.0. The fourth-order valence-corrected chi connectivity index (χ4v) is 5.83. The van der Waals surface area contributed by atoms with Crippen LogP contribution >= 0.6 is 0 Å². The number of fused-ring (bicyclic) bond motifs is 1. The van der Waals surface area contributed by atoms with Crippen molar-refractivity contribution < 1.29 is 58.6 Å². The lowest BCUT2D eigenvalue weighted by Gasteiger charge is -2.35. The van der Waals surface area contributed by atoms with Crippen molar-refractivity contribution in [2.75, 3.05) is 26.2 Å². The van der Waals surface area contributed by atoms with Crippen molar-refractivity contribution >= 4 is 28.9 Å². The molecule has 2 heterocycles. The number of amides is 1. The maximum atomic E-state index is 13.3. The molecule has 2 fully saturated rings. The Balaban J connectivity index is 0.000000392. The minimum atomic E-state index is -5.62. The van der Waals surface area contributed by atoms with Crippen LogP contribution in [-0.2, 0) is 25.7 Å². The van der Waals surface area contributed by atoms with E-state index < -0.39 is 36.4 Å². The van der Waals surface area contributed by atoms with Crippen LogP contribution in [-0.4, -0.2) is 76.6 Å². The zero-order valence-electron chi connectivity index (χ0n) is 25.1. The molecule has 1 aromatic carbocycles. The van der Waals surface area contributed by atoms with Gasteiger partial charge >= 0.3 is 42.1 Å². The maximum absolute atomic E-state index is 13.3. The number of benzene rings is 1. The van der Waals surface area contributed by atoms with Gasteiger partial charge in [-0.05, 0) is 43.7 Å². The summed E-state index contributed by atoms with van der Waals surface area (Å²) in [6, 6.07) is 7.45. The van der Waals surface area contributed by atoms with Crippen molar-refractivity contribution in [2.24, 2.45) is 5.92 Å². The summed E-state index contributed by atoms with van der Waals surface area (Å²) < 4.78 is 110. The Hall–Kier alpha value is -3.57. The molecule has 1 saturated heterocycles. The molecule has 264 valence electrons. The van der Waals surface area contributed by atoms with E-state index in [9.17, 15) is 58.7 Å². The van der Waals surface area contributed by atoms with E-state index in [4.69, 9.17) is 0 Å². The van der Waals surface area contributed by atoms with Crippen LogP contribution in [0.25, 0.3) is 11.0 Å². The molecule has 0 atom stereocenters. The third-order valence-corrected chi connectivity index (χ3v) is 8.06. The standard InChI is InChI=1S/C25H35F3N4O2.C4F6O3/c26-25(27,28)23(33)29-14-17-31-21-10-6-7-11-22(21)32(24(31)34)20-12-15-30(16-13-20)18-19-8-4-2-1-3-5-9-19;5-3(6,7)1(11)13-2(12)4(8,9)10/h6-7,10-11,19-20H,1-5,8-9,12-18H2,(H,29,33);. The second-order valence-electron chi connectivity index (χ2n) is 11.5. The zero-order chi connectivity index (χ0) is 35.0. The highest BCUT2D eigenvalue weighted by molar-refractivity contribution is 5.90. The summed E-state index contributed by atoms with van der Waals surface area (Å²) in [5.74, 6) is -7.61. The summed E-state index contributed by atoms with van der Waals surface area (Å²) in [5, 5.41) is 1.87. The van der Waals surface area contributed by atoms with Crippen molar-refractivity contribution in [1.29, 1.82) is 0 Å². The van der Waals surface area contributed by atoms with Crippen LogP contribution in [0.1, 0.15) is 63.8 Å². The molecule has 0 spiro atoms. The Bertz CT molecular complexity index is 1390. The summed E-state index contributed by atoms with van der Waals surface area (Å²) in [6.07, 6.45) is -5.04. The molecule has 9 nitrogen and oxygen atoms in total.